The molecule has 2 rings (SSSR count). The highest BCUT2D eigenvalue weighted by molar-refractivity contribution is 8.00. The molecule has 0 saturated heterocycles. The van der Waals surface area contributed by atoms with Gasteiger partial charge in [-0.3, -0.25) is 19.7 Å². The van der Waals surface area contributed by atoms with Crippen LogP contribution < -0.4 is 5.32 Å². The molecule has 0 saturated carbocycles. The number of carbonyl (C=O) groups excluding carboxylic acids is 2. The van der Waals surface area contributed by atoms with Crippen LogP contribution in [0.25, 0.3) is 0 Å². The maximum absolute atomic E-state index is 11.8. The lowest BCUT2D eigenvalue weighted by molar-refractivity contribution is -0.384. The Labute approximate surface area is 154 Å². The van der Waals surface area contributed by atoms with Gasteiger partial charge in [-0.15, -0.1) is 11.8 Å². The molecule has 0 bridgehead atoms. The fourth-order valence-electron chi connectivity index (χ4n) is 2.06. The molecule has 1 N–H and O–H groups in total. The summed E-state index contributed by atoms with van der Waals surface area (Å²) in [6, 6.07) is 13.3. The minimum Gasteiger partial charge on any atom is -0.455 e. The summed E-state index contributed by atoms with van der Waals surface area (Å²) in [7, 11) is 0. The van der Waals surface area contributed by atoms with Crippen molar-refractivity contribution in [3.05, 3.63) is 64.2 Å². The van der Waals surface area contributed by atoms with Gasteiger partial charge in [0.15, 0.2) is 6.61 Å². The average Bonchev–Trinajstić information content (AvgIpc) is 2.65. The third-order valence-corrected chi connectivity index (χ3v) is 4.37. The third-order valence-electron chi connectivity index (χ3n) is 3.39. The highest BCUT2D eigenvalue weighted by Crippen LogP contribution is 2.21. The van der Waals surface area contributed by atoms with Gasteiger partial charge in [0, 0.05) is 22.7 Å². The van der Waals surface area contributed by atoms with Crippen molar-refractivity contribution in [2.24, 2.45) is 0 Å². The molecule has 0 atom stereocenters. The fraction of sp³-hybridized carbons (Fsp3) is 0.222. The number of ether oxygens (including phenoxy) is 1. The minimum atomic E-state index is -0.536. The quantitative estimate of drug-likeness (QED) is 0.329. The van der Waals surface area contributed by atoms with Crippen molar-refractivity contribution < 1.29 is 19.2 Å². The maximum atomic E-state index is 11.8. The Kier molecular flexibility index (Phi) is 7.16. The molecule has 1 amide bonds. The zero-order chi connectivity index (χ0) is 18.9. The number of amides is 1. The van der Waals surface area contributed by atoms with Crippen LogP contribution in [-0.4, -0.2) is 29.2 Å². The van der Waals surface area contributed by atoms with Gasteiger partial charge < -0.3 is 10.1 Å². The number of nitro groups is 1. The lowest BCUT2D eigenvalue weighted by Crippen LogP contribution is -2.21. The van der Waals surface area contributed by atoms with Gasteiger partial charge in [-0.1, -0.05) is 19.1 Å². The van der Waals surface area contributed by atoms with Crippen LogP contribution in [0.2, 0.25) is 0 Å². The Hall–Kier alpha value is -2.87. The molecule has 0 heterocycles. The van der Waals surface area contributed by atoms with Crippen molar-refractivity contribution in [1.82, 2.24) is 0 Å². The van der Waals surface area contributed by atoms with Crippen LogP contribution in [0.1, 0.15) is 12.5 Å². The SMILES string of the molecule is CCc1cccc(NC(=O)COC(=O)CSc2ccc([N+](=O)[O-])cc2)c1. The van der Waals surface area contributed by atoms with Crippen LogP contribution in [0.15, 0.2) is 53.4 Å². The molecule has 26 heavy (non-hydrogen) atoms. The minimum absolute atomic E-state index is 0.0103. The van der Waals surface area contributed by atoms with E-state index in [2.05, 4.69) is 5.32 Å². The van der Waals surface area contributed by atoms with Gasteiger partial charge in [0.1, 0.15) is 0 Å². The summed E-state index contributed by atoms with van der Waals surface area (Å²) in [6.07, 6.45) is 0.860. The summed E-state index contributed by atoms with van der Waals surface area (Å²) in [6.45, 7) is 1.65. The van der Waals surface area contributed by atoms with E-state index in [1.807, 2.05) is 25.1 Å². The van der Waals surface area contributed by atoms with Gasteiger partial charge in [-0.05, 0) is 36.2 Å². The van der Waals surface area contributed by atoms with E-state index >= 15 is 0 Å². The van der Waals surface area contributed by atoms with Crippen molar-refractivity contribution in [2.45, 2.75) is 18.2 Å². The summed E-state index contributed by atoms with van der Waals surface area (Å²) in [5, 5.41) is 13.3. The molecule has 0 radical (unpaired) electrons. The Morgan fingerprint density at radius 2 is 1.92 bits per heavy atom. The number of aryl methyl sites for hydroxylation is 1. The molecule has 0 aliphatic rings. The number of nitro benzene ring substituents is 1. The van der Waals surface area contributed by atoms with Crippen LogP contribution in [-0.2, 0) is 20.7 Å². The highest BCUT2D eigenvalue weighted by atomic mass is 32.2. The lowest BCUT2D eigenvalue weighted by Gasteiger charge is -2.07. The number of non-ortho nitro benzene ring substituents is 1. The number of benzene rings is 2. The summed E-state index contributed by atoms with van der Waals surface area (Å²) < 4.78 is 4.94. The first-order valence-corrected chi connectivity index (χ1v) is 8.88. The summed E-state index contributed by atoms with van der Waals surface area (Å²) >= 11 is 1.18. The first-order chi connectivity index (χ1) is 12.5. The van der Waals surface area contributed by atoms with E-state index in [0.29, 0.717) is 10.6 Å². The molecule has 0 aliphatic carbocycles. The second kappa shape index (κ2) is 9.57. The van der Waals surface area contributed by atoms with Crippen LogP contribution in [0, 0.1) is 10.1 Å². The predicted molar refractivity (Wildman–Crippen MR) is 99.2 cm³/mol. The van der Waals surface area contributed by atoms with Gasteiger partial charge in [0.2, 0.25) is 0 Å². The van der Waals surface area contributed by atoms with Crippen molar-refractivity contribution >= 4 is 35.0 Å². The van der Waals surface area contributed by atoms with Crippen LogP contribution >= 0.6 is 11.8 Å². The van der Waals surface area contributed by atoms with Gasteiger partial charge in [0.25, 0.3) is 11.6 Å². The number of carbonyl (C=O) groups is 2. The van der Waals surface area contributed by atoms with E-state index in [1.54, 1.807) is 18.2 Å². The lowest BCUT2D eigenvalue weighted by atomic mass is 10.1. The zero-order valence-corrected chi connectivity index (χ0v) is 15.0. The number of anilines is 1. The fourth-order valence-corrected chi connectivity index (χ4v) is 2.76. The van der Waals surface area contributed by atoms with E-state index in [-0.39, 0.29) is 18.0 Å². The molecule has 2 aromatic rings. The van der Waals surface area contributed by atoms with E-state index in [4.69, 9.17) is 4.74 Å². The summed E-state index contributed by atoms with van der Waals surface area (Å²) in [5.41, 5.74) is 1.74. The van der Waals surface area contributed by atoms with Crippen LogP contribution in [0.5, 0.6) is 0 Å². The topological polar surface area (TPSA) is 98.5 Å². The molecule has 0 unspecified atom stereocenters. The van der Waals surface area contributed by atoms with Gasteiger partial charge in [-0.25, -0.2) is 0 Å². The number of esters is 1. The standard InChI is InChI=1S/C18H18N2O5S/c1-2-13-4-3-5-14(10-13)19-17(21)11-25-18(22)12-26-16-8-6-15(7-9-16)20(23)24/h3-10H,2,11-12H2,1H3,(H,19,21). The third kappa shape index (κ3) is 6.21. The Balaban J connectivity index is 1.73. The van der Waals surface area contributed by atoms with E-state index in [9.17, 15) is 19.7 Å². The van der Waals surface area contributed by atoms with Crippen LogP contribution in [0.3, 0.4) is 0 Å². The largest absolute Gasteiger partial charge is 0.455 e. The summed E-state index contributed by atoms with van der Waals surface area (Å²) in [5.74, 6) is -0.936. The first-order valence-electron chi connectivity index (χ1n) is 7.89. The molecular formula is C18H18N2O5S. The van der Waals surface area contributed by atoms with Gasteiger partial charge in [0.05, 0.1) is 10.7 Å². The van der Waals surface area contributed by atoms with Crippen LogP contribution in [0.4, 0.5) is 11.4 Å². The number of thioether (sulfide) groups is 1. The van der Waals surface area contributed by atoms with E-state index in [0.717, 1.165) is 12.0 Å². The van der Waals surface area contributed by atoms with Gasteiger partial charge in [-0.2, -0.15) is 0 Å². The number of nitrogens with one attached hydrogen (secondary N) is 1. The molecule has 0 aliphatic heterocycles. The monoisotopic (exact) mass is 374 g/mol. The molecule has 0 fully saturated rings. The second-order valence-corrected chi connectivity index (χ2v) is 6.35. The Bertz CT molecular complexity index is 792. The van der Waals surface area contributed by atoms with Crippen molar-refractivity contribution in [2.75, 3.05) is 17.7 Å². The molecule has 8 heteroatoms. The van der Waals surface area contributed by atoms with Crippen molar-refractivity contribution in [3.8, 4) is 0 Å². The molecule has 0 aromatic heterocycles. The average molecular weight is 374 g/mol. The summed E-state index contributed by atoms with van der Waals surface area (Å²) in [4.78, 5) is 34.3. The molecule has 0 spiro atoms. The van der Waals surface area contributed by atoms with Crippen molar-refractivity contribution in [1.29, 1.82) is 0 Å². The normalized spacial score (nSPS) is 10.2. The van der Waals surface area contributed by atoms with Crippen molar-refractivity contribution in [3.63, 3.8) is 0 Å². The first kappa shape index (κ1) is 19.5. The molecule has 136 valence electrons. The van der Waals surface area contributed by atoms with E-state index < -0.39 is 16.8 Å². The Morgan fingerprint density at radius 3 is 2.58 bits per heavy atom. The number of hydrogen-bond donors (Lipinski definition) is 1. The van der Waals surface area contributed by atoms with Gasteiger partial charge >= 0.3 is 5.97 Å². The highest BCUT2D eigenvalue weighted by Gasteiger charge is 2.10. The van der Waals surface area contributed by atoms with E-state index in [1.165, 1.54) is 23.9 Å². The molecular weight excluding hydrogens is 356 g/mol. The molecule has 2 aromatic carbocycles. The Morgan fingerprint density at radius 1 is 1.19 bits per heavy atom. The number of nitrogens with zero attached hydrogens (tertiary/aromatic N) is 1. The predicted octanol–water partition coefficient (Wildman–Crippen LogP) is 3.43. The zero-order valence-electron chi connectivity index (χ0n) is 14.1. The number of rotatable bonds is 8. The molecule has 7 nitrogen and oxygen atoms in total. The number of hydrogen-bond acceptors (Lipinski definition) is 6. The second-order valence-electron chi connectivity index (χ2n) is 5.30. The smallest absolute Gasteiger partial charge is 0.316 e. The maximum Gasteiger partial charge on any atom is 0.316 e.